The summed E-state index contributed by atoms with van der Waals surface area (Å²) in [5, 5.41) is 11.1. The van der Waals surface area contributed by atoms with Crippen LogP contribution in [0.4, 0.5) is 0 Å². The second kappa shape index (κ2) is 10.4. The third-order valence-corrected chi connectivity index (χ3v) is 6.94. The number of nitrogens with one attached hydrogen (secondary N) is 1. The summed E-state index contributed by atoms with van der Waals surface area (Å²) in [4.78, 5) is 38.1. The molecule has 1 atom stereocenters. The third kappa shape index (κ3) is 5.49. The molecule has 3 aromatic rings. The van der Waals surface area contributed by atoms with Crippen molar-refractivity contribution in [3.8, 4) is 23.8 Å². The van der Waals surface area contributed by atoms with Crippen molar-refractivity contribution in [2.24, 2.45) is 5.73 Å². The van der Waals surface area contributed by atoms with Crippen molar-refractivity contribution in [1.29, 1.82) is 0 Å². The van der Waals surface area contributed by atoms with Gasteiger partial charge in [-0.2, -0.15) is 0 Å². The minimum atomic E-state index is -4.57. The number of benzene rings is 2. The highest BCUT2D eigenvalue weighted by Crippen LogP contribution is 2.28. The van der Waals surface area contributed by atoms with E-state index in [9.17, 15) is 27.9 Å². The van der Waals surface area contributed by atoms with Crippen molar-refractivity contribution in [2.75, 3.05) is 6.54 Å². The number of para-hydroxylation sites is 1. The molecule has 4 N–H and O–H groups in total. The van der Waals surface area contributed by atoms with Crippen LogP contribution in [0.5, 0.6) is 11.5 Å². The van der Waals surface area contributed by atoms with Gasteiger partial charge in [0.05, 0.1) is 11.4 Å². The largest absolute Gasteiger partial charge is 0.457 e. The monoisotopic (exact) mass is 498 g/mol. The Labute approximate surface area is 200 Å². The number of carbonyl (C=O) groups is 1. The Hall–Kier alpha value is -4.18. The van der Waals surface area contributed by atoms with Crippen LogP contribution >= 0.6 is 0 Å². The maximum absolute atomic E-state index is 13.4. The molecule has 12 heteroatoms. The lowest BCUT2D eigenvalue weighted by atomic mass is 10.1. The molecule has 0 fully saturated rings. The fourth-order valence-corrected chi connectivity index (χ4v) is 4.79. The maximum atomic E-state index is 13.4. The molecule has 0 aliphatic carbocycles. The number of nitrogens with two attached hydrogens (primary N) is 1. The van der Waals surface area contributed by atoms with Crippen molar-refractivity contribution < 1.29 is 23.1 Å². The topological polar surface area (TPSA) is 165 Å². The number of nitrogens with zero attached hydrogens (tertiary/aromatic N) is 2. The predicted octanol–water partition coefficient (Wildman–Crippen LogP) is 0.217. The molecule has 0 aliphatic rings. The number of primary amides is 1. The fraction of sp³-hybridized carbons (Fsp3) is 0.174. The van der Waals surface area contributed by atoms with E-state index in [2.05, 4.69) is 10.9 Å². The van der Waals surface area contributed by atoms with Gasteiger partial charge in [-0.05, 0) is 36.4 Å². The summed E-state index contributed by atoms with van der Waals surface area (Å²) in [6.07, 6.45) is 5.73. The average molecular weight is 499 g/mol. The van der Waals surface area contributed by atoms with Gasteiger partial charge in [0.2, 0.25) is 15.7 Å². The molecule has 0 spiro atoms. The van der Waals surface area contributed by atoms with Crippen LogP contribution in [0.15, 0.2) is 81.3 Å². The highest BCUT2D eigenvalue weighted by molar-refractivity contribution is 7.89. The summed E-state index contributed by atoms with van der Waals surface area (Å²) in [6, 6.07) is 15.1. The van der Waals surface area contributed by atoms with Gasteiger partial charge in [-0.25, -0.2) is 13.2 Å². The van der Waals surface area contributed by atoms with E-state index in [1.54, 1.807) is 24.3 Å². The van der Waals surface area contributed by atoms with E-state index < -0.39 is 52.4 Å². The van der Waals surface area contributed by atoms with Crippen molar-refractivity contribution in [1.82, 2.24) is 13.9 Å². The molecular weight excluding hydrogens is 476 g/mol. The number of amides is 1. The molecule has 0 saturated heterocycles. The highest BCUT2D eigenvalue weighted by atomic mass is 32.2. The maximum Gasteiger partial charge on any atom is 0.328 e. The summed E-state index contributed by atoms with van der Waals surface area (Å²) < 4.78 is 33.4. The van der Waals surface area contributed by atoms with E-state index in [0.29, 0.717) is 20.4 Å². The molecular formula is C23H22N4O7S. The minimum absolute atomic E-state index is 0.303. The van der Waals surface area contributed by atoms with Gasteiger partial charge in [0.1, 0.15) is 11.5 Å². The number of ether oxygens (including phenoxy) is 1. The van der Waals surface area contributed by atoms with E-state index in [4.69, 9.17) is 16.9 Å². The lowest BCUT2D eigenvalue weighted by Crippen LogP contribution is -2.60. The van der Waals surface area contributed by atoms with E-state index in [1.807, 2.05) is 6.07 Å². The number of H-pyrrole nitrogens is 1. The Kier molecular flexibility index (Phi) is 7.55. The van der Waals surface area contributed by atoms with Crippen LogP contribution in [0.1, 0.15) is 6.42 Å². The van der Waals surface area contributed by atoms with Gasteiger partial charge in [-0.1, -0.05) is 24.1 Å². The van der Waals surface area contributed by atoms with Crippen LogP contribution in [0.2, 0.25) is 0 Å². The number of hydrogen-bond donors (Lipinski definition) is 3. The third-order valence-electron chi connectivity index (χ3n) is 5.06. The number of aromatic amines is 1. The first-order valence-electron chi connectivity index (χ1n) is 10.2. The SMILES string of the molecule is C#CCN(C(O)(CCn1c(=O)cc[nH]c1=O)C(N)=O)S(=O)(=O)c1ccc(Oc2ccccc2)cc1. The van der Waals surface area contributed by atoms with Gasteiger partial charge >= 0.3 is 5.69 Å². The Morgan fingerprint density at radius 2 is 1.74 bits per heavy atom. The van der Waals surface area contributed by atoms with Crippen LogP contribution in [0.25, 0.3) is 0 Å². The first kappa shape index (κ1) is 25.4. The molecule has 0 saturated carbocycles. The standard InChI is InChI=1S/C23H22N4O7S/c1-2-15-27(23(31,21(24)29)13-16-26-20(28)12-14-25-22(26)30)35(32,33)19-10-8-18(9-11-19)34-17-6-4-3-5-7-17/h1,3-12,14,31H,13,15-16H2,(H2,24,29)(H,25,30). The lowest BCUT2D eigenvalue weighted by molar-refractivity contribution is -0.150. The first-order valence-corrected chi connectivity index (χ1v) is 11.6. The normalized spacial score (nSPS) is 13.1. The number of rotatable bonds is 10. The van der Waals surface area contributed by atoms with Crippen LogP contribution in [0.3, 0.4) is 0 Å². The van der Waals surface area contributed by atoms with Gasteiger partial charge in [0.15, 0.2) is 0 Å². The Morgan fingerprint density at radius 1 is 1.11 bits per heavy atom. The molecule has 182 valence electrons. The Bertz CT molecular complexity index is 1430. The Balaban J connectivity index is 1.93. The van der Waals surface area contributed by atoms with Crippen molar-refractivity contribution in [3.05, 3.63) is 87.7 Å². The van der Waals surface area contributed by atoms with Crippen LogP contribution in [-0.2, 0) is 21.4 Å². The molecule has 35 heavy (non-hydrogen) atoms. The molecule has 1 aromatic heterocycles. The molecule has 11 nitrogen and oxygen atoms in total. The number of aromatic nitrogens is 2. The molecule has 0 bridgehead atoms. The summed E-state index contributed by atoms with van der Waals surface area (Å²) in [7, 11) is -4.57. The van der Waals surface area contributed by atoms with Crippen molar-refractivity contribution >= 4 is 15.9 Å². The van der Waals surface area contributed by atoms with E-state index in [-0.39, 0.29) is 4.90 Å². The average Bonchev–Trinajstić information content (AvgIpc) is 2.83. The molecule has 1 unspecified atom stereocenters. The number of aliphatic hydroxyl groups is 1. The van der Waals surface area contributed by atoms with Gasteiger partial charge < -0.3 is 20.6 Å². The van der Waals surface area contributed by atoms with Crippen LogP contribution < -0.4 is 21.7 Å². The van der Waals surface area contributed by atoms with E-state index in [0.717, 1.165) is 12.3 Å². The zero-order chi connectivity index (χ0) is 25.6. The van der Waals surface area contributed by atoms with Crippen molar-refractivity contribution in [2.45, 2.75) is 23.6 Å². The van der Waals surface area contributed by atoms with Gasteiger partial charge in [0, 0.05) is 25.2 Å². The van der Waals surface area contributed by atoms with Crippen LogP contribution in [-0.4, -0.2) is 45.6 Å². The molecule has 3 rings (SSSR count). The first-order chi connectivity index (χ1) is 16.6. The summed E-state index contributed by atoms with van der Waals surface area (Å²) in [5.41, 5.74) is 0.993. The molecule has 1 heterocycles. The van der Waals surface area contributed by atoms with Gasteiger partial charge in [0.25, 0.3) is 11.5 Å². The smallest absolute Gasteiger partial charge is 0.328 e. The second-order valence-electron chi connectivity index (χ2n) is 7.31. The van der Waals surface area contributed by atoms with Crippen molar-refractivity contribution in [3.63, 3.8) is 0 Å². The fourth-order valence-electron chi connectivity index (χ4n) is 3.23. The summed E-state index contributed by atoms with van der Waals surface area (Å²) in [5.74, 6) is 1.53. The number of sulfonamides is 1. The van der Waals surface area contributed by atoms with Crippen LogP contribution in [0, 0.1) is 12.3 Å². The summed E-state index contributed by atoms with van der Waals surface area (Å²) >= 11 is 0. The van der Waals surface area contributed by atoms with E-state index >= 15 is 0 Å². The molecule has 0 aliphatic heterocycles. The quantitative estimate of drug-likeness (QED) is 0.266. The minimum Gasteiger partial charge on any atom is -0.457 e. The second-order valence-corrected chi connectivity index (χ2v) is 9.17. The highest BCUT2D eigenvalue weighted by Gasteiger charge is 2.47. The van der Waals surface area contributed by atoms with Gasteiger partial charge in [-0.15, -0.1) is 10.7 Å². The zero-order valence-corrected chi connectivity index (χ0v) is 19.1. The number of terminal acetylenes is 1. The lowest BCUT2D eigenvalue weighted by Gasteiger charge is -2.35. The Morgan fingerprint density at radius 3 is 2.31 bits per heavy atom. The van der Waals surface area contributed by atoms with E-state index in [1.165, 1.54) is 24.3 Å². The number of hydrogen-bond acceptors (Lipinski definition) is 7. The predicted molar refractivity (Wildman–Crippen MR) is 126 cm³/mol. The van der Waals surface area contributed by atoms with Gasteiger partial charge in [-0.3, -0.25) is 14.2 Å². The summed E-state index contributed by atoms with van der Waals surface area (Å²) in [6.45, 7) is -1.24. The zero-order valence-electron chi connectivity index (χ0n) is 18.3. The molecule has 0 radical (unpaired) electrons. The molecule has 2 aromatic carbocycles. The number of carbonyl (C=O) groups excluding carboxylic acids is 1. The molecule has 1 amide bonds.